The summed E-state index contributed by atoms with van der Waals surface area (Å²) < 4.78 is 23.0. The summed E-state index contributed by atoms with van der Waals surface area (Å²) in [5.41, 5.74) is 6.42. The van der Waals surface area contributed by atoms with Crippen molar-refractivity contribution in [1.82, 2.24) is 19.5 Å². The maximum atomic E-state index is 10.6. The number of aromatic nitrogens is 4. The van der Waals surface area contributed by atoms with E-state index in [9.17, 15) is 20.4 Å². The predicted molar refractivity (Wildman–Crippen MR) is 101 cm³/mol. The van der Waals surface area contributed by atoms with E-state index in [2.05, 4.69) is 29.7 Å². The van der Waals surface area contributed by atoms with E-state index in [1.165, 1.54) is 17.2 Å². The molecule has 32 heavy (non-hydrogen) atoms. The quantitative estimate of drug-likeness (QED) is 0.0941. The second kappa shape index (κ2) is 10.1. The zero-order valence-corrected chi connectivity index (χ0v) is 17.2. The summed E-state index contributed by atoms with van der Waals surface area (Å²) in [6.45, 7) is -0.508. The molecule has 17 heteroatoms. The van der Waals surface area contributed by atoms with Crippen LogP contribution in [0.3, 0.4) is 0 Å². The molecule has 0 bridgehead atoms. The molecule has 2 aliphatic heterocycles. The fourth-order valence-electron chi connectivity index (χ4n) is 3.60. The summed E-state index contributed by atoms with van der Waals surface area (Å²) in [4.78, 5) is 12.2. The molecule has 7 N–H and O–H groups in total. The Balaban J connectivity index is 1.52. The molecule has 0 radical (unpaired) electrons. The first-order chi connectivity index (χ1) is 15.5. The number of imidazole rings is 1. The second-order valence-corrected chi connectivity index (χ2v) is 7.88. The topological polar surface area (TPSA) is 226 Å². The van der Waals surface area contributed by atoms with E-state index < -0.39 is 64.6 Å². The molecule has 178 valence electrons. The normalized spacial score (nSPS) is 35.5. The Kier molecular flexibility index (Phi) is 7.40. The molecule has 3 unspecified atom stereocenters. The van der Waals surface area contributed by atoms with Crippen LogP contribution in [-0.2, 0) is 29.0 Å². The Morgan fingerprint density at radius 1 is 1.09 bits per heavy atom. The SMILES string of the molecule is Nc1ncnc2c1ncn2[C@@H]1O[C@H](CO)[C@H](O)C1O[C@@H]1O[C@H](CPOOOO)[C@H](O)C1O. The van der Waals surface area contributed by atoms with Crippen LogP contribution in [0.25, 0.3) is 11.2 Å². The van der Waals surface area contributed by atoms with E-state index in [0.717, 1.165) is 0 Å². The molecule has 16 nitrogen and oxygen atoms in total. The highest BCUT2D eigenvalue weighted by molar-refractivity contribution is 7.32. The van der Waals surface area contributed by atoms with Gasteiger partial charge in [-0.3, -0.25) is 4.57 Å². The van der Waals surface area contributed by atoms with Crippen LogP contribution in [0, 0.1) is 0 Å². The van der Waals surface area contributed by atoms with Gasteiger partial charge < -0.3 is 40.4 Å². The number of hydrogen-bond acceptors (Lipinski definition) is 15. The zero-order valence-electron chi connectivity index (χ0n) is 16.2. The Morgan fingerprint density at radius 3 is 2.66 bits per heavy atom. The lowest BCUT2D eigenvalue weighted by Crippen LogP contribution is -2.42. The van der Waals surface area contributed by atoms with Crippen molar-refractivity contribution in [3.05, 3.63) is 12.7 Å². The molecule has 2 aromatic rings. The van der Waals surface area contributed by atoms with Crippen molar-refractivity contribution in [1.29, 1.82) is 0 Å². The third kappa shape index (κ3) is 4.41. The molecule has 0 spiro atoms. The Bertz CT molecular complexity index is 908. The maximum Gasteiger partial charge on any atom is 0.187 e. The highest BCUT2D eigenvalue weighted by atomic mass is 31.1. The van der Waals surface area contributed by atoms with Gasteiger partial charge in [-0.1, -0.05) is 0 Å². The van der Waals surface area contributed by atoms with Gasteiger partial charge in [-0.25, -0.2) is 20.2 Å². The molecule has 0 aliphatic carbocycles. The number of hydrogen-bond donors (Lipinski definition) is 6. The molecule has 4 rings (SSSR count). The molecule has 2 aromatic heterocycles. The summed E-state index contributed by atoms with van der Waals surface area (Å²) >= 11 is 0. The van der Waals surface area contributed by atoms with Crippen LogP contribution in [0.15, 0.2) is 12.7 Å². The van der Waals surface area contributed by atoms with E-state index >= 15 is 0 Å². The third-order valence-electron chi connectivity index (χ3n) is 5.17. The van der Waals surface area contributed by atoms with Gasteiger partial charge in [-0.2, -0.15) is 4.67 Å². The summed E-state index contributed by atoms with van der Waals surface area (Å²) in [6, 6.07) is 0. The van der Waals surface area contributed by atoms with Gasteiger partial charge in [0.1, 0.15) is 42.4 Å². The molecule has 2 aliphatic rings. The highest BCUT2D eigenvalue weighted by Gasteiger charge is 2.51. The van der Waals surface area contributed by atoms with Crippen molar-refractivity contribution < 1.29 is 54.6 Å². The maximum absolute atomic E-state index is 10.6. The lowest BCUT2D eigenvalue weighted by Gasteiger charge is -2.26. The van der Waals surface area contributed by atoms with Crippen LogP contribution in [-0.4, -0.2) is 101 Å². The number of nitrogen functional groups attached to an aromatic ring is 1. The minimum absolute atomic E-state index is 0.0796. The van der Waals surface area contributed by atoms with E-state index in [1.807, 2.05) is 0 Å². The van der Waals surface area contributed by atoms with Gasteiger partial charge in [0.2, 0.25) is 0 Å². The van der Waals surface area contributed by atoms with E-state index in [4.69, 9.17) is 25.2 Å². The summed E-state index contributed by atoms with van der Waals surface area (Å²) in [5.74, 6) is 0.141. The highest BCUT2D eigenvalue weighted by Crippen LogP contribution is 2.37. The number of aliphatic hydroxyl groups is 4. The summed E-state index contributed by atoms with van der Waals surface area (Å²) in [5, 5.41) is 56.0. The van der Waals surface area contributed by atoms with Gasteiger partial charge in [-0.05, 0) is 10.1 Å². The minimum atomic E-state index is -1.46. The Hall–Kier alpha value is -1.66. The second-order valence-electron chi connectivity index (χ2n) is 7.02. The van der Waals surface area contributed by atoms with Crippen molar-refractivity contribution in [2.75, 3.05) is 18.5 Å². The molecular weight excluding hydrogens is 457 g/mol. The average molecular weight is 479 g/mol. The van der Waals surface area contributed by atoms with Crippen molar-refractivity contribution in [2.24, 2.45) is 0 Å². The number of anilines is 1. The molecular formula is C15H22N5O11P. The van der Waals surface area contributed by atoms with Gasteiger partial charge in [0, 0.05) is 6.16 Å². The van der Waals surface area contributed by atoms with Crippen LogP contribution >= 0.6 is 8.81 Å². The first-order valence-electron chi connectivity index (χ1n) is 9.37. The van der Waals surface area contributed by atoms with Crippen molar-refractivity contribution in [3.63, 3.8) is 0 Å². The molecule has 0 amide bonds. The van der Waals surface area contributed by atoms with Gasteiger partial charge in [0.15, 0.2) is 24.0 Å². The van der Waals surface area contributed by atoms with Gasteiger partial charge in [0.25, 0.3) is 0 Å². The van der Waals surface area contributed by atoms with E-state index in [0.29, 0.717) is 11.2 Å². The van der Waals surface area contributed by atoms with Crippen LogP contribution in [0.1, 0.15) is 6.23 Å². The molecule has 9 atom stereocenters. The Labute approximate surface area is 181 Å². The summed E-state index contributed by atoms with van der Waals surface area (Å²) in [7, 11) is -0.402. The standard InChI is InChI=1S/C15H22N5O11P/c16-12-7-13(18-3-17-12)20(4-19-7)14-11(9(23)5(1-21)26-14)28-15-10(24)8(22)6(27-15)2-32-31-30-29-25/h3-6,8-11,14-15,21-25,32H,1-2H2,(H2,16,17,18)/t5-,6-,8+,9+,10?,11?,14-,15+/m1/s1. The molecule has 2 saturated heterocycles. The third-order valence-corrected chi connectivity index (χ3v) is 5.93. The molecule has 4 heterocycles. The molecule has 2 fully saturated rings. The number of nitrogens with zero attached hydrogens (tertiary/aromatic N) is 4. The molecule has 0 aromatic carbocycles. The predicted octanol–water partition coefficient (Wildman–Crippen LogP) is -2.56. The van der Waals surface area contributed by atoms with E-state index in [-0.39, 0.29) is 12.0 Å². The zero-order chi connectivity index (χ0) is 22.8. The molecule has 0 saturated carbocycles. The first-order valence-corrected chi connectivity index (χ1v) is 10.5. The van der Waals surface area contributed by atoms with Crippen molar-refractivity contribution >= 4 is 25.8 Å². The van der Waals surface area contributed by atoms with Gasteiger partial charge in [0.05, 0.1) is 27.8 Å². The van der Waals surface area contributed by atoms with Crippen molar-refractivity contribution in [2.45, 2.75) is 49.1 Å². The van der Waals surface area contributed by atoms with Crippen LogP contribution < -0.4 is 5.73 Å². The fraction of sp³-hybridized carbons (Fsp3) is 0.667. The minimum Gasteiger partial charge on any atom is -0.394 e. The van der Waals surface area contributed by atoms with Crippen LogP contribution in [0.2, 0.25) is 0 Å². The lowest BCUT2D eigenvalue weighted by atomic mass is 10.1. The monoisotopic (exact) mass is 479 g/mol. The lowest BCUT2D eigenvalue weighted by molar-refractivity contribution is -0.593. The smallest absolute Gasteiger partial charge is 0.187 e. The van der Waals surface area contributed by atoms with Gasteiger partial charge >= 0.3 is 0 Å². The summed E-state index contributed by atoms with van der Waals surface area (Å²) in [6.07, 6.45) is -6.83. The number of nitrogens with two attached hydrogens (primary N) is 1. The number of aliphatic hydroxyl groups excluding tert-OH is 4. The average Bonchev–Trinajstić information content (AvgIpc) is 3.43. The Morgan fingerprint density at radius 2 is 1.91 bits per heavy atom. The number of fused-ring (bicyclic) bond motifs is 1. The largest absolute Gasteiger partial charge is 0.394 e. The number of ether oxygens (including phenoxy) is 3. The van der Waals surface area contributed by atoms with Gasteiger partial charge in [-0.15, -0.1) is 0 Å². The van der Waals surface area contributed by atoms with Crippen LogP contribution in [0.4, 0.5) is 5.82 Å². The van der Waals surface area contributed by atoms with E-state index in [1.54, 1.807) is 0 Å². The van der Waals surface area contributed by atoms with Crippen LogP contribution in [0.5, 0.6) is 0 Å². The fourth-order valence-corrected chi connectivity index (χ4v) is 4.25. The number of rotatable bonds is 9. The van der Waals surface area contributed by atoms with Crippen molar-refractivity contribution in [3.8, 4) is 0 Å². The first kappa shape index (κ1) is 23.5.